The molecule has 0 aliphatic rings. The first-order valence-corrected chi connectivity index (χ1v) is 5.63. The molecule has 1 unspecified atom stereocenters. The van der Waals surface area contributed by atoms with Gasteiger partial charge in [-0.3, -0.25) is 9.59 Å². The third kappa shape index (κ3) is 5.33. The SMILES string of the molecule is C=CCOC(=O)C(C(=O)OCC=C)C(C)CC. The van der Waals surface area contributed by atoms with Crippen molar-refractivity contribution in [1.82, 2.24) is 0 Å². The van der Waals surface area contributed by atoms with Gasteiger partial charge in [-0.25, -0.2) is 0 Å². The minimum absolute atomic E-state index is 0.0977. The topological polar surface area (TPSA) is 52.6 Å². The second-order valence-electron chi connectivity index (χ2n) is 3.70. The Bertz CT molecular complexity index is 259. The van der Waals surface area contributed by atoms with E-state index < -0.39 is 17.9 Å². The van der Waals surface area contributed by atoms with Gasteiger partial charge in [-0.15, -0.1) is 0 Å². The Kier molecular flexibility index (Phi) is 7.76. The number of hydrogen-bond acceptors (Lipinski definition) is 4. The fourth-order valence-electron chi connectivity index (χ4n) is 1.26. The summed E-state index contributed by atoms with van der Waals surface area (Å²) in [6, 6.07) is 0. The van der Waals surface area contributed by atoms with E-state index in [0.717, 1.165) is 0 Å². The van der Waals surface area contributed by atoms with Crippen LogP contribution < -0.4 is 0 Å². The lowest BCUT2D eigenvalue weighted by Crippen LogP contribution is -2.33. The molecule has 0 aromatic carbocycles. The summed E-state index contributed by atoms with van der Waals surface area (Å²) < 4.78 is 9.79. The highest BCUT2D eigenvalue weighted by molar-refractivity contribution is 5.95. The van der Waals surface area contributed by atoms with Gasteiger partial charge in [0.05, 0.1) is 0 Å². The molecule has 0 fully saturated rings. The third-order valence-electron chi connectivity index (χ3n) is 2.41. The van der Waals surface area contributed by atoms with Crippen molar-refractivity contribution in [2.75, 3.05) is 13.2 Å². The zero-order valence-corrected chi connectivity index (χ0v) is 10.5. The maximum atomic E-state index is 11.7. The molecule has 0 aromatic heterocycles. The van der Waals surface area contributed by atoms with Crippen molar-refractivity contribution >= 4 is 11.9 Å². The van der Waals surface area contributed by atoms with E-state index in [9.17, 15) is 9.59 Å². The molecule has 1 atom stereocenters. The zero-order valence-electron chi connectivity index (χ0n) is 10.5. The Morgan fingerprint density at radius 3 is 1.82 bits per heavy atom. The van der Waals surface area contributed by atoms with Crippen LogP contribution in [0.2, 0.25) is 0 Å². The van der Waals surface area contributed by atoms with Gasteiger partial charge in [-0.2, -0.15) is 0 Å². The van der Waals surface area contributed by atoms with Crippen molar-refractivity contribution in [2.45, 2.75) is 20.3 Å². The van der Waals surface area contributed by atoms with E-state index >= 15 is 0 Å². The molecule has 0 spiro atoms. The Morgan fingerprint density at radius 2 is 1.53 bits per heavy atom. The smallest absolute Gasteiger partial charge is 0.320 e. The molecule has 4 heteroatoms. The van der Waals surface area contributed by atoms with Crippen LogP contribution in [0.4, 0.5) is 0 Å². The molecule has 0 radical (unpaired) electrons. The average Bonchev–Trinajstić information content (AvgIpc) is 2.33. The number of carbonyl (C=O) groups is 2. The Labute approximate surface area is 102 Å². The van der Waals surface area contributed by atoms with E-state index in [-0.39, 0.29) is 19.1 Å². The van der Waals surface area contributed by atoms with Gasteiger partial charge in [0.15, 0.2) is 5.92 Å². The van der Waals surface area contributed by atoms with E-state index in [1.165, 1.54) is 12.2 Å². The van der Waals surface area contributed by atoms with Gasteiger partial charge in [-0.05, 0) is 5.92 Å². The summed E-state index contributed by atoms with van der Waals surface area (Å²) in [6.45, 7) is 10.8. The van der Waals surface area contributed by atoms with E-state index in [4.69, 9.17) is 9.47 Å². The predicted octanol–water partition coefficient (Wildman–Crippen LogP) is 2.11. The molecule has 0 aliphatic heterocycles. The van der Waals surface area contributed by atoms with Gasteiger partial charge in [0, 0.05) is 0 Å². The number of rotatable bonds is 8. The Balaban J connectivity index is 4.61. The molecule has 0 rings (SSSR count). The van der Waals surface area contributed by atoms with Crippen LogP contribution in [0.1, 0.15) is 20.3 Å². The van der Waals surface area contributed by atoms with Crippen molar-refractivity contribution in [3.05, 3.63) is 25.3 Å². The molecule has 96 valence electrons. The molecule has 0 amide bonds. The highest BCUT2D eigenvalue weighted by atomic mass is 16.6. The summed E-state index contributed by atoms with van der Waals surface area (Å²) in [6.07, 6.45) is 3.61. The lowest BCUT2D eigenvalue weighted by atomic mass is 9.92. The van der Waals surface area contributed by atoms with Crippen molar-refractivity contribution in [1.29, 1.82) is 0 Å². The van der Waals surface area contributed by atoms with Crippen molar-refractivity contribution in [3.63, 3.8) is 0 Å². The molecule has 0 aromatic rings. The van der Waals surface area contributed by atoms with E-state index in [1.807, 2.05) is 13.8 Å². The van der Waals surface area contributed by atoms with Crippen LogP contribution in [-0.4, -0.2) is 25.2 Å². The first kappa shape index (κ1) is 15.4. The molecule has 0 saturated heterocycles. The maximum Gasteiger partial charge on any atom is 0.320 e. The summed E-state index contributed by atoms with van der Waals surface area (Å²) in [5, 5.41) is 0. The molecular formula is C13H20O4. The van der Waals surface area contributed by atoms with Gasteiger partial charge in [-0.1, -0.05) is 45.6 Å². The fraction of sp³-hybridized carbons (Fsp3) is 0.538. The summed E-state index contributed by atoms with van der Waals surface area (Å²) in [5.74, 6) is -2.12. The largest absolute Gasteiger partial charge is 0.461 e. The second kappa shape index (κ2) is 8.56. The first-order valence-electron chi connectivity index (χ1n) is 5.63. The van der Waals surface area contributed by atoms with E-state index in [1.54, 1.807) is 0 Å². The zero-order chi connectivity index (χ0) is 13.3. The number of hydrogen-bond donors (Lipinski definition) is 0. The Hall–Kier alpha value is -1.58. The highest BCUT2D eigenvalue weighted by Gasteiger charge is 2.33. The molecule has 4 nitrogen and oxygen atoms in total. The van der Waals surface area contributed by atoms with Gasteiger partial charge in [0.25, 0.3) is 0 Å². The maximum absolute atomic E-state index is 11.7. The minimum Gasteiger partial charge on any atom is -0.461 e. The lowest BCUT2D eigenvalue weighted by Gasteiger charge is -2.19. The third-order valence-corrected chi connectivity index (χ3v) is 2.41. The van der Waals surface area contributed by atoms with Gasteiger partial charge >= 0.3 is 11.9 Å². The van der Waals surface area contributed by atoms with Crippen LogP contribution in [0.25, 0.3) is 0 Å². The van der Waals surface area contributed by atoms with Crippen molar-refractivity contribution < 1.29 is 19.1 Å². The second-order valence-corrected chi connectivity index (χ2v) is 3.70. The molecule has 0 N–H and O–H groups in total. The average molecular weight is 240 g/mol. The van der Waals surface area contributed by atoms with E-state index in [2.05, 4.69) is 13.2 Å². The first-order chi connectivity index (χ1) is 8.08. The lowest BCUT2D eigenvalue weighted by molar-refractivity contribution is -0.163. The quantitative estimate of drug-likeness (QED) is 0.370. The summed E-state index contributed by atoms with van der Waals surface area (Å²) in [4.78, 5) is 23.4. The highest BCUT2D eigenvalue weighted by Crippen LogP contribution is 2.18. The van der Waals surface area contributed by atoms with Crippen molar-refractivity contribution in [3.8, 4) is 0 Å². The number of carbonyl (C=O) groups excluding carboxylic acids is 2. The summed E-state index contributed by atoms with van der Waals surface area (Å²) in [5.41, 5.74) is 0. The van der Waals surface area contributed by atoms with Crippen LogP contribution in [0.5, 0.6) is 0 Å². The molecule has 0 aliphatic carbocycles. The molecule has 0 saturated carbocycles. The fourth-order valence-corrected chi connectivity index (χ4v) is 1.26. The van der Waals surface area contributed by atoms with Gasteiger partial charge < -0.3 is 9.47 Å². The van der Waals surface area contributed by atoms with Crippen molar-refractivity contribution in [2.24, 2.45) is 11.8 Å². The summed E-state index contributed by atoms with van der Waals surface area (Å²) >= 11 is 0. The predicted molar refractivity (Wildman–Crippen MR) is 65.3 cm³/mol. The Morgan fingerprint density at radius 1 is 1.12 bits per heavy atom. The van der Waals surface area contributed by atoms with Gasteiger partial charge in [0.1, 0.15) is 13.2 Å². The normalized spacial score (nSPS) is 11.7. The van der Waals surface area contributed by atoms with Crippen LogP contribution in [-0.2, 0) is 19.1 Å². The molecular weight excluding hydrogens is 220 g/mol. The molecule has 0 heterocycles. The van der Waals surface area contributed by atoms with Crippen LogP contribution in [0, 0.1) is 11.8 Å². The standard InChI is InChI=1S/C13H20O4/c1-5-8-16-12(14)11(10(4)7-3)13(15)17-9-6-2/h5-6,10-11H,1-2,7-9H2,3-4H3. The van der Waals surface area contributed by atoms with Crippen LogP contribution in [0.15, 0.2) is 25.3 Å². The van der Waals surface area contributed by atoms with E-state index in [0.29, 0.717) is 6.42 Å². The molecule has 0 bridgehead atoms. The van der Waals surface area contributed by atoms with Gasteiger partial charge in [0.2, 0.25) is 0 Å². The van der Waals surface area contributed by atoms with Crippen LogP contribution in [0.3, 0.4) is 0 Å². The number of ether oxygens (including phenoxy) is 2. The summed E-state index contributed by atoms with van der Waals surface area (Å²) in [7, 11) is 0. The molecule has 17 heavy (non-hydrogen) atoms. The van der Waals surface area contributed by atoms with Crippen LogP contribution >= 0.6 is 0 Å². The monoisotopic (exact) mass is 240 g/mol. The minimum atomic E-state index is -0.875. The number of esters is 2.